The lowest BCUT2D eigenvalue weighted by Crippen LogP contribution is -2.42. The zero-order chi connectivity index (χ0) is 14.7. The number of rotatable bonds is 4. The number of carbonyl (C=O) groups is 1. The largest absolute Gasteiger partial charge is 0.471 e. The van der Waals surface area contributed by atoms with Gasteiger partial charge in [-0.15, -0.1) is 0 Å². The molecule has 0 aliphatic rings. The minimum Gasteiger partial charge on any atom is -0.348 e. The molecule has 0 spiro atoms. The normalized spacial score (nSPS) is 12.3. The smallest absolute Gasteiger partial charge is 0.348 e. The van der Waals surface area contributed by atoms with Gasteiger partial charge in [0, 0.05) is 11.0 Å². The van der Waals surface area contributed by atoms with Crippen LogP contribution in [0.5, 0.6) is 0 Å². The highest BCUT2D eigenvalue weighted by atomic mass is 79.9. The number of nitrogens with one attached hydrogen (secondary N) is 1. The van der Waals surface area contributed by atoms with Crippen LogP contribution in [0.3, 0.4) is 0 Å². The monoisotopic (exact) mass is 337 g/mol. The molecule has 0 unspecified atom stereocenters. The minimum atomic E-state index is -4.83. The number of amides is 1. The van der Waals surface area contributed by atoms with Gasteiger partial charge in [-0.3, -0.25) is 4.79 Å². The van der Waals surface area contributed by atoms with Crippen molar-refractivity contribution in [3.8, 4) is 0 Å². The molecule has 19 heavy (non-hydrogen) atoms. The molecule has 1 aromatic rings. The first kappa shape index (κ1) is 16.0. The summed E-state index contributed by atoms with van der Waals surface area (Å²) in [5.74, 6) is -1.89. The average molecular weight is 338 g/mol. The molecule has 0 fully saturated rings. The maximum atomic E-state index is 12.1. The quantitative estimate of drug-likeness (QED) is 0.891. The molecule has 6 heteroatoms. The van der Waals surface area contributed by atoms with Crippen LogP contribution in [0.15, 0.2) is 28.7 Å². The molecule has 0 bridgehead atoms. The topological polar surface area (TPSA) is 29.1 Å². The van der Waals surface area contributed by atoms with Crippen LogP contribution >= 0.6 is 15.9 Å². The van der Waals surface area contributed by atoms with E-state index in [1.165, 1.54) is 0 Å². The Labute approximate surface area is 118 Å². The summed E-state index contributed by atoms with van der Waals surface area (Å²) >= 11 is 3.34. The predicted octanol–water partition coefficient (Wildman–Crippen LogP) is 3.70. The number of halogens is 4. The average Bonchev–Trinajstić information content (AvgIpc) is 2.24. The van der Waals surface area contributed by atoms with Crippen molar-refractivity contribution in [2.45, 2.75) is 26.4 Å². The Morgan fingerprint density at radius 3 is 2.47 bits per heavy atom. The van der Waals surface area contributed by atoms with Crippen molar-refractivity contribution in [2.75, 3.05) is 6.54 Å². The van der Waals surface area contributed by atoms with E-state index in [4.69, 9.17) is 0 Å². The third kappa shape index (κ3) is 5.63. The molecular formula is C13H15BrF3NO. The van der Waals surface area contributed by atoms with Crippen molar-refractivity contribution in [3.05, 3.63) is 34.3 Å². The van der Waals surface area contributed by atoms with Gasteiger partial charge in [-0.05, 0) is 29.5 Å². The second-order valence-corrected chi connectivity index (χ2v) is 6.07. The predicted molar refractivity (Wildman–Crippen MR) is 70.7 cm³/mol. The number of hydrogen-bond donors (Lipinski definition) is 1. The fourth-order valence-electron chi connectivity index (χ4n) is 1.68. The minimum absolute atomic E-state index is 0.0299. The van der Waals surface area contributed by atoms with E-state index in [1.54, 1.807) is 0 Å². The first-order chi connectivity index (χ1) is 8.60. The lowest BCUT2D eigenvalue weighted by Gasteiger charge is -2.25. The van der Waals surface area contributed by atoms with Gasteiger partial charge in [-0.2, -0.15) is 13.2 Å². The highest BCUT2D eigenvalue weighted by Crippen LogP contribution is 2.23. The summed E-state index contributed by atoms with van der Waals surface area (Å²) in [6.45, 7) is 3.59. The standard InChI is InChI=1S/C13H15BrF3NO/c1-12(2,8-18-11(19)13(15,16)17)7-9-4-3-5-10(14)6-9/h3-6H,7-8H2,1-2H3,(H,18,19). The zero-order valence-corrected chi connectivity index (χ0v) is 12.2. The Balaban J connectivity index is 2.59. The van der Waals surface area contributed by atoms with E-state index in [2.05, 4.69) is 15.9 Å². The Morgan fingerprint density at radius 2 is 1.95 bits per heavy atom. The number of carbonyl (C=O) groups excluding carboxylic acids is 1. The molecule has 2 nitrogen and oxygen atoms in total. The molecule has 0 aromatic heterocycles. The van der Waals surface area contributed by atoms with Crippen LogP contribution in [0.1, 0.15) is 19.4 Å². The van der Waals surface area contributed by atoms with Crippen molar-refractivity contribution in [2.24, 2.45) is 5.41 Å². The van der Waals surface area contributed by atoms with Crippen molar-refractivity contribution in [3.63, 3.8) is 0 Å². The van der Waals surface area contributed by atoms with Crippen molar-refractivity contribution >= 4 is 21.8 Å². The molecule has 0 saturated heterocycles. The first-order valence-corrected chi connectivity index (χ1v) is 6.49. The van der Waals surface area contributed by atoms with Crippen LogP contribution in [-0.4, -0.2) is 18.6 Å². The third-order valence-corrected chi connectivity index (χ3v) is 3.05. The van der Waals surface area contributed by atoms with Crippen LogP contribution in [-0.2, 0) is 11.2 Å². The van der Waals surface area contributed by atoms with Crippen LogP contribution < -0.4 is 5.32 Å². The number of hydrogen-bond acceptors (Lipinski definition) is 1. The maximum absolute atomic E-state index is 12.1. The second kappa shape index (κ2) is 5.94. The SMILES string of the molecule is CC(C)(CNC(=O)C(F)(F)F)Cc1cccc(Br)c1. The van der Waals surface area contributed by atoms with Crippen LogP contribution in [0, 0.1) is 5.41 Å². The lowest BCUT2D eigenvalue weighted by molar-refractivity contribution is -0.174. The summed E-state index contributed by atoms with van der Waals surface area (Å²) in [7, 11) is 0. The maximum Gasteiger partial charge on any atom is 0.471 e. The van der Waals surface area contributed by atoms with E-state index in [-0.39, 0.29) is 6.54 Å². The molecule has 1 aromatic carbocycles. The van der Waals surface area contributed by atoms with Gasteiger partial charge in [0.1, 0.15) is 0 Å². The van der Waals surface area contributed by atoms with Gasteiger partial charge in [0.05, 0.1) is 0 Å². The van der Waals surface area contributed by atoms with Gasteiger partial charge in [0.25, 0.3) is 0 Å². The van der Waals surface area contributed by atoms with E-state index >= 15 is 0 Å². The molecule has 1 amide bonds. The highest BCUT2D eigenvalue weighted by Gasteiger charge is 2.39. The van der Waals surface area contributed by atoms with Gasteiger partial charge in [0.2, 0.25) is 0 Å². The molecule has 0 aliphatic heterocycles. The summed E-state index contributed by atoms with van der Waals surface area (Å²) in [5, 5.41) is 1.92. The van der Waals surface area contributed by atoms with Gasteiger partial charge in [-0.25, -0.2) is 0 Å². The Morgan fingerprint density at radius 1 is 1.32 bits per heavy atom. The Hall–Kier alpha value is -1.04. The molecule has 0 aliphatic carbocycles. The molecule has 1 rings (SSSR count). The van der Waals surface area contributed by atoms with Gasteiger partial charge < -0.3 is 5.32 Å². The van der Waals surface area contributed by atoms with Crippen molar-refractivity contribution in [1.29, 1.82) is 0 Å². The van der Waals surface area contributed by atoms with Crippen molar-refractivity contribution < 1.29 is 18.0 Å². The molecule has 1 N–H and O–H groups in total. The van der Waals surface area contributed by atoms with E-state index < -0.39 is 17.5 Å². The van der Waals surface area contributed by atoms with Gasteiger partial charge in [-0.1, -0.05) is 41.9 Å². The first-order valence-electron chi connectivity index (χ1n) is 5.70. The zero-order valence-electron chi connectivity index (χ0n) is 10.6. The highest BCUT2D eigenvalue weighted by molar-refractivity contribution is 9.10. The third-order valence-electron chi connectivity index (χ3n) is 2.56. The fraction of sp³-hybridized carbons (Fsp3) is 0.462. The summed E-state index contributed by atoms with van der Waals surface area (Å²) in [5.41, 5.74) is 0.544. The van der Waals surface area contributed by atoms with Crippen LogP contribution in [0.2, 0.25) is 0 Å². The van der Waals surface area contributed by atoms with E-state index in [9.17, 15) is 18.0 Å². The molecule has 0 saturated carbocycles. The molecule has 0 atom stereocenters. The second-order valence-electron chi connectivity index (χ2n) is 5.15. The molecular weight excluding hydrogens is 323 g/mol. The summed E-state index contributed by atoms with van der Waals surface area (Å²) < 4.78 is 37.2. The Bertz CT molecular complexity index is 457. The summed E-state index contributed by atoms with van der Waals surface area (Å²) in [4.78, 5) is 10.8. The number of alkyl halides is 3. The van der Waals surface area contributed by atoms with E-state index in [0.29, 0.717) is 6.42 Å². The van der Waals surface area contributed by atoms with E-state index in [0.717, 1.165) is 10.0 Å². The lowest BCUT2D eigenvalue weighted by atomic mass is 9.85. The number of benzene rings is 1. The van der Waals surface area contributed by atoms with Gasteiger partial charge >= 0.3 is 12.1 Å². The van der Waals surface area contributed by atoms with Crippen molar-refractivity contribution in [1.82, 2.24) is 5.32 Å². The van der Waals surface area contributed by atoms with Crippen LogP contribution in [0.4, 0.5) is 13.2 Å². The Kier molecular flexibility index (Phi) is 5.01. The van der Waals surface area contributed by atoms with Crippen LogP contribution in [0.25, 0.3) is 0 Å². The molecule has 0 radical (unpaired) electrons. The fourth-order valence-corrected chi connectivity index (χ4v) is 2.13. The summed E-state index contributed by atoms with van der Waals surface area (Å²) in [6.07, 6.45) is -4.25. The van der Waals surface area contributed by atoms with Gasteiger partial charge in [0.15, 0.2) is 0 Å². The van der Waals surface area contributed by atoms with E-state index in [1.807, 2.05) is 43.4 Å². The summed E-state index contributed by atoms with van der Waals surface area (Å²) in [6, 6.07) is 7.55. The molecule has 106 valence electrons. The molecule has 0 heterocycles.